The third-order valence-corrected chi connectivity index (χ3v) is 4.57. The van der Waals surface area contributed by atoms with Gasteiger partial charge in [0.25, 0.3) is 0 Å². The van der Waals surface area contributed by atoms with Gasteiger partial charge in [-0.1, -0.05) is 37.3 Å². The number of nitrogens with zero attached hydrogens (tertiary/aromatic N) is 1. The first-order valence-corrected chi connectivity index (χ1v) is 8.70. The summed E-state index contributed by atoms with van der Waals surface area (Å²) in [6, 6.07) is 10.0. The van der Waals surface area contributed by atoms with E-state index in [9.17, 15) is 18.0 Å². The SMILES string of the molecule is CCN1C[C@H]2C[C@H](C(=O)NCc3ccccc3)[C@@H](C1)O2.O=C(O)C(F)(F)F. The summed E-state index contributed by atoms with van der Waals surface area (Å²) < 4.78 is 37.6. The Labute approximate surface area is 155 Å². The van der Waals surface area contributed by atoms with Gasteiger partial charge in [0.2, 0.25) is 5.91 Å². The smallest absolute Gasteiger partial charge is 0.475 e. The predicted molar refractivity (Wildman–Crippen MR) is 90.9 cm³/mol. The number of morpholine rings is 1. The van der Waals surface area contributed by atoms with E-state index < -0.39 is 12.1 Å². The summed E-state index contributed by atoms with van der Waals surface area (Å²) in [5.74, 6) is -2.60. The molecule has 1 aromatic rings. The van der Waals surface area contributed by atoms with E-state index in [-0.39, 0.29) is 24.0 Å². The molecule has 2 N–H and O–H groups in total. The molecule has 1 amide bonds. The molecular formula is C18H23F3N2O4. The Kier molecular flexibility index (Phi) is 7.20. The van der Waals surface area contributed by atoms with Gasteiger partial charge in [0.1, 0.15) is 0 Å². The molecule has 3 atom stereocenters. The van der Waals surface area contributed by atoms with E-state index in [1.54, 1.807) is 0 Å². The van der Waals surface area contributed by atoms with Crippen molar-refractivity contribution >= 4 is 11.9 Å². The molecule has 0 spiro atoms. The van der Waals surface area contributed by atoms with E-state index in [0.717, 1.165) is 31.6 Å². The summed E-state index contributed by atoms with van der Waals surface area (Å²) >= 11 is 0. The van der Waals surface area contributed by atoms with Gasteiger partial charge >= 0.3 is 12.1 Å². The lowest BCUT2D eigenvalue weighted by atomic mass is 9.99. The van der Waals surface area contributed by atoms with Crippen molar-refractivity contribution in [3.8, 4) is 0 Å². The van der Waals surface area contributed by atoms with Gasteiger partial charge in [0.05, 0.1) is 18.1 Å². The normalized spacial score (nSPS) is 24.7. The molecule has 2 heterocycles. The number of halogens is 3. The molecule has 0 aliphatic carbocycles. The van der Waals surface area contributed by atoms with E-state index >= 15 is 0 Å². The van der Waals surface area contributed by atoms with Crippen molar-refractivity contribution in [3.63, 3.8) is 0 Å². The number of alkyl halides is 3. The summed E-state index contributed by atoms with van der Waals surface area (Å²) in [5.41, 5.74) is 1.14. The van der Waals surface area contributed by atoms with Crippen LogP contribution in [-0.4, -0.2) is 59.9 Å². The van der Waals surface area contributed by atoms with E-state index in [2.05, 4.69) is 17.1 Å². The second kappa shape index (κ2) is 9.18. The van der Waals surface area contributed by atoms with Crippen LogP contribution < -0.4 is 5.32 Å². The van der Waals surface area contributed by atoms with E-state index in [1.807, 2.05) is 30.3 Å². The van der Waals surface area contributed by atoms with E-state index in [4.69, 9.17) is 14.6 Å². The Morgan fingerprint density at radius 2 is 1.89 bits per heavy atom. The number of hydrogen-bond acceptors (Lipinski definition) is 4. The molecule has 0 aromatic heterocycles. The zero-order valence-corrected chi connectivity index (χ0v) is 14.9. The number of carboxylic acid groups (broad SMARTS) is 1. The quantitative estimate of drug-likeness (QED) is 0.826. The number of nitrogens with one attached hydrogen (secondary N) is 1. The maximum atomic E-state index is 12.3. The summed E-state index contributed by atoms with van der Waals surface area (Å²) in [6.45, 7) is 5.65. The van der Waals surface area contributed by atoms with Crippen LogP contribution in [0.15, 0.2) is 30.3 Å². The second-order valence-electron chi connectivity index (χ2n) is 6.50. The average molecular weight is 388 g/mol. The lowest BCUT2D eigenvalue weighted by molar-refractivity contribution is -0.192. The van der Waals surface area contributed by atoms with Gasteiger partial charge in [-0.15, -0.1) is 0 Å². The van der Waals surface area contributed by atoms with Crippen molar-refractivity contribution < 1.29 is 32.6 Å². The minimum atomic E-state index is -5.08. The fraction of sp³-hybridized carbons (Fsp3) is 0.556. The average Bonchev–Trinajstić information content (AvgIpc) is 2.94. The summed E-state index contributed by atoms with van der Waals surface area (Å²) in [6.07, 6.45) is -3.91. The Hall–Kier alpha value is -2.13. The molecule has 0 radical (unpaired) electrons. The lowest BCUT2D eigenvalue weighted by Crippen LogP contribution is -2.45. The van der Waals surface area contributed by atoms with Crippen molar-refractivity contribution in [1.82, 2.24) is 10.2 Å². The third kappa shape index (κ3) is 6.21. The van der Waals surface area contributed by atoms with Crippen LogP contribution in [0.1, 0.15) is 18.9 Å². The number of aliphatic carboxylic acids is 1. The van der Waals surface area contributed by atoms with Crippen molar-refractivity contribution in [2.75, 3.05) is 19.6 Å². The Morgan fingerprint density at radius 3 is 2.44 bits per heavy atom. The number of likely N-dealkylation sites (tertiary alicyclic amines) is 1. The van der Waals surface area contributed by atoms with Crippen LogP contribution in [0.5, 0.6) is 0 Å². The highest BCUT2D eigenvalue weighted by atomic mass is 19.4. The number of rotatable bonds is 4. The highest BCUT2D eigenvalue weighted by Gasteiger charge is 2.44. The summed E-state index contributed by atoms with van der Waals surface area (Å²) in [7, 11) is 0. The molecule has 27 heavy (non-hydrogen) atoms. The first kappa shape index (κ1) is 21.2. The van der Waals surface area contributed by atoms with E-state index in [1.165, 1.54) is 0 Å². The van der Waals surface area contributed by atoms with Gasteiger partial charge in [-0.05, 0) is 18.5 Å². The van der Waals surface area contributed by atoms with Crippen molar-refractivity contribution in [3.05, 3.63) is 35.9 Å². The van der Waals surface area contributed by atoms with Crippen LogP contribution in [0, 0.1) is 5.92 Å². The molecule has 2 saturated heterocycles. The van der Waals surface area contributed by atoms with Gasteiger partial charge in [0.15, 0.2) is 0 Å². The predicted octanol–water partition coefficient (Wildman–Crippen LogP) is 2.05. The van der Waals surface area contributed by atoms with Crippen molar-refractivity contribution in [2.45, 2.75) is 38.3 Å². The number of ether oxygens (including phenoxy) is 1. The largest absolute Gasteiger partial charge is 0.490 e. The van der Waals surface area contributed by atoms with Crippen molar-refractivity contribution in [2.24, 2.45) is 5.92 Å². The molecular weight excluding hydrogens is 365 g/mol. The molecule has 2 fully saturated rings. The van der Waals surface area contributed by atoms with Gasteiger partial charge in [-0.3, -0.25) is 9.69 Å². The van der Waals surface area contributed by atoms with Crippen LogP contribution >= 0.6 is 0 Å². The van der Waals surface area contributed by atoms with Crippen molar-refractivity contribution in [1.29, 1.82) is 0 Å². The highest BCUT2D eigenvalue weighted by Crippen LogP contribution is 2.31. The fourth-order valence-electron chi connectivity index (χ4n) is 3.19. The van der Waals surface area contributed by atoms with E-state index in [0.29, 0.717) is 6.54 Å². The molecule has 9 heteroatoms. The molecule has 2 aliphatic heterocycles. The van der Waals surface area contributed by atoms with Crippen LogP contribution in [-0.2, 0) is 20.9 Å². The molecule has 2 aliphatic rings. The molecule has 0 unspecified atom stereocenters. The number of amides is 1. The second-order valence-corrected chi connectivity index (χ2v) is 6.50. The first-order valence-electron chi connectivity index (χ1n) is 8.70. The standard InChI is InChI=1S/C16H22N2O2.C2HF3O2/c1-2-18-10-13-8-14(15(11-18)20-13)16(19)17-9-12-6-4-3-5-7-12;3-2(4,5)1(6)7/h3-7,13-15H,2,8-11H2,1H3,(H,17,19);(H,6,7)/t13-,14+,15-;/m1./s1. The minimum absolute atomic E-state index is 0.0141. The van der Waals surface area contributed by atoms with Crippen LogP contribution in [0.3, 0.4) is 0 Å². The topological polar surface area (TPSA) is 78.9 Å². The number of fused-ring (bicyclic) bond motifs is 2. The monoisotopic (exact) mass is 388 g/mol. The zero-order valence-electron chi connectivity index (χ0n) is 14.9. The zero-order chi connectivity index (χ0) is 20.0. The Balaban J connectivity index is 0.000000321. The number of hydrogen-bond donors (Lipinski definition) is 2. The van der Waals surface area contributed by atoms with Gasteiger partial charge in [-0.25, -0.2) is 4.79 Å². The third-order valence-electron chi connectivity index (χ3n) is 4.57. The van der Waals surface area contributed by atoms with Gasteiger partial charge in [-0.2, -0.15) is 13.2 Å². The minimum Gasteiger partial charge on any atom is -0.475 e. The highest BCUT2D eigenvalue weighted by molar-refractivity contribution is 5.79. The molecule has 2 bridgehead atoms. The molecule has 6 nitrogen and oxygen atoms in total. The number of carbonyl (C=O) groups is 2. The maximum absolute atomic E-state index is 12.3. The summed E-state index contributed by atoms with van der Waals surface area (Å²) in [4.78, 5) is 23.6. The Bertz CT molecular complexity index is 639. The maximum Gasteiger partial charge on any atom is 0.490 e. The van der Waals surface area contributed by atoms with Gasteiger partial charge in [0, 0.05) is 19.6 Å². The number of carbonyl (C=O) groups excluding carboxylic acids is 1. The van der Waals surface area contributed by atoms with Crippen LogP contribution in [0.2, 0.25) is 0 Å². The first-order chi connectivity index (χ1) is 12.7. The lowest BCUT2D eigenvalue weighted by Gasteiger charge is -2.31. The molecule has 0 saturated carbocycles. The number of carboxylic acids is 1. The fourth-order valence-corrected chi connectivity index (χ4v) is 3.19. The molecule has 150 valence electrons. The molecule has 3 rings (SSSR count). The van der Waals surface area contributed by atoms with Crippen LogP contribution in [0.4, 0.5) is 13.2 Å². The number of benzene rings is 1. The summed E-state index contributed by atoms with van der Waals surface area (Å²) in [5, 5.41) is 10.2. The molecule has 1 aromatic carbocycles. The van der Waals surface area contributed by atoms with Crippen LogP contribution in [0.25, 0.3) is 0 Å². The Morgan fingerprint density at radius 1 is 1.26 bits per heavy atom. The number of likely N-dealkylation sites (N-methyl/N-ethyl adjacent to an activating group) is 1. The van der Waals surface area contributed by atoms with Gasteiger partial charge < -0.3 is 15.2 Å².